The average Bonchev–Trinajstić information content (AvgIpc) is 2.50. The first-order valence-electron chi connectivity index (χ1n) is 7.96. The van der Waals surface area contributed by atoms with Gasteiger partial charge < -0.3 is 0 Å². The van der Waals surface area contributed by atoms with Gasteiger partial charge in [0.1, 0.15) is 0 Å². The molecule has 0 aliphatic rings. The second kappa shape index (κ2) is 10.9. The molecular formula is C20H26O. The monoisotopic (exact) mass is 282 g/mol. The van der Waals surface area contributed by atoms with E-state index in [0.29, 0.717) is 6.42 Å². The number of benzene rings is 1. The highest BCUT2D eigenvalue weighted by molar-refractivity contribution is 5.90. The average molecular weight is 282 g/mol. The first kappa shape index (κ1) is 17.2. The Morgan fingerprint density at radius 2 is 1.81 bits per heavy atom. The van der Waals surface area contributed by atoms with E-state index >= 15 is 0 Å². The molecule has 0 heterocycles. The number of aryl methyl sites for hydroxylation is 1. The molecule has 0 saturated heterocycles. The Kier molecular flexibility index (Phi) is 8.96. The van der Waals surface area contributed by atoms with Gasteiger partial charge in [0.15, 0.2) is 5.78 Å². The lowest BCUT2D eigenvalue weighted by Gasteiger charge is -2.00. The van der Waals surface area contributed by atoms with Crippen molar-refractivity contribution in [2.75, 3.05) is 0 Å². The first-order valence-corrected chi connectivity index (χ1v) is 7.96. The number of unbranched alkanes of at least 4 members (excludes halogenated alkanes) is 4. The van der Waals surface area contributed by atoms with Gasteiger partial charge in [-0.2, -0.15) is 0 Å². The minimum absolute atomic E-state index is 0.155. The topological polar surface area (TPSA) is 17.1 Å². The van der Waals surface area contributed by atoms with Crippen LogP contribution < -0.4 is 0 Å². The quantitative estimate of drug-likeness (QED) is 0.368. The maximum atomic E-state index is 11.2. The largest absolute Gasteiger partial charge is 0.295 e. The van der Waals surface area contributed by atoms with Crippen molar-refractivity contribution in [2.45, 2.75) is 58.8 Å². The lowest BCUT2D eigenvalue weighted by molar-refractivity contribution is -0.114. The molecule has 112 valence electrons. The normalized spacial score (nSPS) is 10.9. The third-order valence-corrected chi connectivity index (χ3v) is 3.37. The summed E-state index contributed by atoms with van der Waals surface area (Å²) in [5, 5.41) is 0. The minimum Gasteiger partial charge on any atom is -0.295 e. The van der Waals surface area contributed by atoms with Gasteiger partial charge in [0.2, 0.25) is 0 Å². The van der Waals surface area contributed by atoms with Gasteiger partial charge >= 0.3 is 0 Å². The Bertz CT molecular complexity index is 500. The molecule has 0 aromatic heterocycles. The van der Waals surface area contributed by atoms with Gasteiger partial charge in [-0.05, 0) is 37.8 Å². The van der Waals surface area contributed by atoms with Gasteiger partial charge in [0.25, 0.3) is 0 Å². The summed E-state index contributed by atoms with van der Waals surface area (Å²) in [6.45, 7) is 3.77. The van der Waals surface area contributed by atoms with E-state index in [1.165, 1.54) is 31.2 Å². The molecule has 1 aromatic rings. The number of rotatable bonds is 8. The molecule has 0 unspecified atom stereocenters. The van der Waals surface area contributed by atoms with Gasteiger partial charge in [-0.3, -0.25) is 4.79 Å². The van der Waals surface area contributed by atoms with Crippen molar-refractivity contribution in [3.63, 3.8) is 0 Å². The minimum atomic E-state index is 0.155. The zero-order chi connectivity index (χ0) is 15.3. The molecule has 0 bridgehead atoms. The maximum Gasteiger partial charge on any atom is 0.156 e. The van der Waals surface area contributed by atoms with Crippen molar-refractivity contribution in [3.8, 4) is 11.8 Å². The van der Waals surface area contributed by atoms with Crippen LogP contribution in [0.1, 0.15) is 57.9 Å². The molecule has 1 rings (SSSR count). The summed E-state index contributed by atoms with van der Waals surface area (Å²) in [7, 11) is 0. The summed E-state index contributed by atoms with van der Waals surface area (Å²) in [6, 6.07) is 10.6. The Labute approximate surface area is 129 Å². The van der Waals surface area contributed by atoms with Crippen molar-refractivity contribution in [1.29, 1.82) is 0 Å². The van der Waals surface area contributed by atoms with Crippen molar-refractivity contribution in [3.05, 3.63) is 47.5 Å². The molecule has 0 aliphatic heterocycles. The summed E-state index contributed by atoms with van der Waals surface area (Å²) in [5.41, 5.74) is 2.31. The summed E-state index contributed by atoms with van der Waals surface area (Å²) in [4.78, 5) is 11.2. The first-order chi connectivity index (χ1) is 10.2. The smallest absolute Gasteiger partial charge is 0.156 e. The zero-order valence-electron chi connectivity index (χ0n) is 13.3. The summed E-state index contributed by atoms with van der Waals surface area (Å²) >= 11 is 0. The van der Waals surface area contributed by atoms with Crippen LogP contribution in [0.3, 0.4) is 0 Å². The number of hydrogen-bond acceptors (Lipinski definition) is 1. The third-order valence-electron chi connectivity index (χ3n) is 3.37. The standard InChI is InChI=1S/C20H26O/c1-3-20(21)17-18(2)13-9-6-4-5-7-10-14-19-15-11-8-12-16-19/h8,11-12,15-17H,3-7,10,14H2,1-2H3/b18-17-. The summed E-state index contributed by atoms with van der Waals surface area (Å²) in [6.07, 6.45) is 9.20. The van der Waals surface area contributed by atoms with Crippen LogP contribution in [0.5, 0.6) is 0 Å². The molecule has 1 aromatic carbocycles. The van der Waals surface area contributed by atoms with Gasteiger partial charge in [0.05, 0.1) is 0 Å². The second-order valence-corrected chi connectivity index (χ2v) is 5.35. The Morgan fingerprint density at radius 3 is 2.52 bits per heavy atom. The van der Waals surface area contributed by atoms with Crippen LogP contribution in [0.4, 0.5) is 0 Å². The second-order valence-electron chi connectivity index (χ2n) is 5.35. The lowest BCUT2D eigenvalue weighted by atomic mass is 10.1. The highest BCUT2D eigenvalue weighted by atomic mass is 16.1. The Balaban J connectivity index is 2.07. The van der Waals surface area contributed by atoms with Crippen LogP contribution in [-0.2, 0) is 11.2 Å². The molecule has 0 N–H and O–H groups in total. The highest BCUT2D eigenvalue weighted by Crippen LogP contribution is 2.08. The number of allylic oxidation sites excluding steroid dienone is 2. The fourth-order valence-corrected chi connectivity index (χ4v) is 2.12. The van der Waals surface area contributed by atoms with Gasteiger partial charge in [-0.15, -0.1) is 0 Å². The fourth-order valence-electron chi connectivity index (χ4n) is 2.12. The van der Waals surface area contributed by atoms with E-state index in [0.717, 1.165) is 18.4 Å². The van der Waals surface area contributed by atoms with E-state index in [2.05, 4.69) is 42.2 Å². The number of carbonyl (C=O) groups is 1. The molecule has 0 amide bonds. The van der Waals surface area contributed by atoms with Crippen molar-refractivity contribution < 1.29 is 4.79 Å². The molecule has 1 nitrogen and oxygen atoms in total. The van der Waals surface area contributed by atoms with Crippen LogP contribution in [0.25, 0.3) is 0 Å². The van der Waals surface area contributed by atoms with Crippen LogP contribution in [0.2, 0.25) is 0 Å². The maximum absolute atomic E-state index is 11.2. The molecular weight excluding hydrogens is 256 g/mol. The molecule has 0 fully saturated rings. The SMILES string of the molecule is CCC(=O)/C=C(/C)C#CCCCCCCc1ccccc1. The van der Waals surface area contributed by atoms with Gasteiger partial charge in [0, 0.05) is 18.4 Å². The van der Waals surface area contributed by atoms with Crippen molar-refractivity contribution >= 4 is 5.78 Å². The molecule has 0 spiro atoms. The van der Waals surface area contributed by atoms with Gasteiger partial charge in [-0.25, -0.2) is 0 Å². The van der Waals surface area contributed by atoms with E-state index < -0.39 is 0 Å². The summed E-state index contributed by atoms with van der Waals surface area (Å²) in [5.74, 6) is 6.36. The number of hydrogen-bond donors (Lipinski definition) is 0. The van der Waals surface area contributed by atoms with Gasteiger partial charge in [-0.1, -0.05) is 61.9 Å². The predicted octanol–water partition coefficient (Wildman–Crippen LogP) is 5.11. The highest BCUT2D eigenvalue weighted by Gasteiger charge is 1.93. The van der Waals surface area contributed by atoms with Crippen LogP contribution in [0, 0.1) is 11.8 Å². The van der Waals surface area contributed by atoms with Crippen molar-refractivity contribution in [2.24, 2.45) is 0 Å². The van der Waals surface area contributed by atoms with Crippen LogP contribution >= 0.6 is 0 Å². The molecule has 0 radical (unpaired) electrons. The fraction of sp³-hybridized carbons (Fsp3) is 0.450. The molecule has 0 saturated carbocycles. The zero-order valence-corrected chi connectivity index (χ0v) is 13.3. The van der Waals surface area contributed by atoms with E-state index in [-0.39, 0.29) is 5.78 Å². The van der Waals surface area contributed by atoms with E-state index in [1.54, 1.807) is 6.08 Å². The lowest BCUT2D eigenvalue weighted by Crippen LogP contribution is -1.89. The molecule has 21 heavy (non-hydrogen) atoms. The predicted molar refractivity (Wildman–Crippen MR) is 90.1 cm³/mol. The van der Waals surface area contributed by atoms with Crippen molar-refractivity contribution in [1.82, 2.24) is 0 Å². The Hall–Kier alpha value is -1.81. The third kappa shape index (κ3) is 8.87. The van der Waals surface area contributed by atoms with E-state index in [4.69, 9.17) is 0 Å². The van der Waals surface area contributed by atoms with E-state index in [1.807, 2.05) is 13.8 Å². The summed E-state index contributed by atoms with van der Waals surface area (Å²) < 4.78 is 0. The van der Waals surface area contributed by atoms with E-state index in [9.17, 15) is 4.79 Å². The number of ketones is 1. The molecule has 1 heteroatoms. The Morgan fingerprint density at radius 1 is 1.10 bits per heavy atom. The molecule has 0 atom stereocenters. The molecule has 0 aliphatic carbocycles. The number of carbonyl (C=O) groups excluding carboxylic acids is 1. The van der Waals surface area contributed by atoms with Crippen LogP contribution in [-0.4, -0.2) is 5.78 Å². The van der Waals surface area contributed by atoms with Crippen LogP contribution in [0.15, 0.2) is 42.0 Å².